The van der Waals surface area contributed by atoms with Crippen LogP contribution >= 0.6 is 12.2 Å². The SMILES string of the molecule is CCc1nn(C)c2c1[nH]c(=S)n2-c1ccc(C)c(C)c1. The van der Waals surface area contributed by atoms with Crippen LogP contribution in [-0.2, 0) is 13.5 Å². The maximum atomic E-state index is 5.50. The Balaban J connectivity index is 2.35. The number of nitrogens with one attached hydrogen (secondary N) is 1. The molecule has 0 atom stereocenters. The summed E-state index contributed by atoms with van der Waals surface area (Å²) in [6.07, 6.45) is 0.888. The zero-order valence-corrected chi connectivity index (χ0v) is 13.0. The van der Waals surface area contributed by atoms with Gasteiger partial charge in [0.05, 0.1) is 11.4 Å². The molecule has 20 heavy (non-hydrogen) atoms. The number of imidazole rings is 1. The maximum Gasteiger partial charge on any atom is 0.184 e. The average molecular weight is 286 g/mol. The molecule has 0 spiro atoms. The van der Waals surface area contributed by atoms with Crippen LogP contribution in [0.4, 0.5) is 0 Å². The van der Waals surface area contributed by atoms with Gasteiger partial charge < -0.3 is 4.98 Å². The van der Waals surface area contributed by atoms with E-state index in [1.54, 1.807) is 0 Å². The van der Waals surface area contributed by atoms with Crippen molar-refractivity contribution in [2.45, 2.75) is 27.2 Å². The topological polar surface area (TPSA) is 38.5 Å². The predicted octanol–water partition coefficient (Wildman–Crippen LogP) is 3.60. The Labute approximate surface area is 123 Å². The summed E-state index contributed by atoms with van der Waals surface area (Å²) in [7, 11) is 1.96. The average Bonchev–Trinajstić information content (AvgIpc) is 2.90. The Hall–Kier alpha value is -1.88. The summed E-state index contributed by atoms with van der Waals surface area (Å²) in [5, 5.41) is 4.55. The molecular formula is C15H18N4S. The van der Waals surface area contributed by atoms with Crippen LogP contribution in [0.3, 0.4) is 0 Å². The highest BCUT2D eigenvalue weighted by atomic mass is 32.1. The monoisotopic (exact) mass is 286 g/mol. The molecule has 4 nitrogen and oxygen atoms in total. The quantitative estimate of drug-likeness (QED) is 0.731. The fraction of sp³-hybridized carbons (Fsp3) is 0.333. The molecule has 3 rings (SSSR count). The second kappa shape index (κ2) is 4.59. The van der Waals surface area contributed by atoms with Crippen LogP contribution < -0.4 is 0 Å². The standard InChI is InChI=1S/C15H18N4S/c1-5-12-13-14(18(4)17-12)19(15(20)16-13)11-7-6-9(2)10(3)8-11/h6-8H,5H2,1-4H3,(H,16,20). The van der Waals surface area contributed by atoms with Crippen LogP contribution in [0, 0.1) is 18.6 Å². The lowest BCUT2D eigenvalue weighted by Gasteiger charge is -2.07. The van der Waals surface area contributed by atoms with E-state index >= 15 is 0 Å². The molecule has 0 bridgehead atoms. The van der Waals surface area contributed by atoms with Gasteiger partial charge in [-0.3, -0.25) is 4.57 Å². The number of benzene rings is 1. The Morgan fingerprint density at radius 2 is 2.00 bits per heavy atom. The van der Waals surface area contributed by atoms with Crippen molar-refractivity contribution in [2.24, 2.45) is 7.05 Å². The van der Waals surface area contributed by atoms with Crippen LogP contribution in [0.1, 0.15) is 23.7 Å². The van der Waals surface area contributed by atoms with E-state index in [-0.39, 0.29) is 0 Å². The van der Waals surface area contributed by atoms with Crippen LogP contribution in [-0.4, -0.2) is 19.3 Å². The van der Waals surface area contributed by atoms with Crippen molar-refractivity contribution < 1.29 is 0 Å². The number of aromatic nitrogens is 4. The van der Waals surface area contributed by atoms with Crippen LogP contribution in [0.25, 0.3) is 16.9 Å². The fourth-order valence-electron chi connectivity index (χ4n) is 2.56. The minimum atomic E-state index is 0.714. The van der Waals surface area contributed by atoms with Crippen LogP contribution in [0.2, 0.25) is 0 Å². The van der Waals surface area contributed by atoms with E-state index in [9.17, 15) is 0 Å². The lowest BCUT2D eigenvalue weighted by Crippen LogP contribution is -2.01. The molecule has 0 fully saturated rings. The smallest absolute Gasteiger partial charge is 0.184 e. The van der Waals surface area contributed by atoms with E-state index in [0.717, 1.165) is 29.0 Å². The highest BCUT2D eigenvalue weighted by Gasteiger charge is 2.15. The van der Waals surface area contributed by atoms with Gasteiger partial charge in [0, 0.05) is 7.05 Å². The van der Waals surface area contributed by atoms with E-state index in [1.807, 2.05) is 11.7 Å². The summed E-state index contributed by atoms with van der Waals surface area (Å²) < 4.78 is 4.67. The summed E-state index contributed by atoms with van der Waals surface area (Å²) in [5.41, 5.74) is 6.74. The number of nitrogens with zero attached hydrogens (tertiary/aromatic N) is 3. The van der Waals surface area contributed by atoms with E-state index < -0.39 is 0 Å². The molecule has 5 heteroatoms. The first-order chi connectivity index (χ1) is 9.52. The molecule has 1 aromatic carbocycles. The third kappa shape index (κ3) is 1.81. The molecule has 0 saturated heterocycles. The maximum absolute atomic E-state index is 5.50. The van der Waals surface area contributed by atoms with Crippen molar-refractivity contribution in [3.05, 3.63) is 39.8 Å². The van der Waals surface area contributed by atoms with Gasteiger partial charge in [0.25, 0.3) is 0 Å². The molecule has 3 aromatic rings. The molecule has 0 amide bonds. The number of fused-ring (bicyclic) bond motifs is 1. The number of hydrogen-bond donors (Lipinski definition) is 1. The van der Waals surface area contributed by atoms with Gasteiger partial charge in [0.15, 0.2) is 10.4 Å². The number of hydrogen-bond acceptors (Lipinski definition) is 2. The molecule has 0 saturated carbocycles. The van der Waals surface area contributed by atoms with Gasteiger partial charge in [-0.15, -0.1) is 0 Å². The zero-order valence-electron chi connectivity index (χ0n) is 12.2. The van der Waals surface area contributed by atoms with Crippen molar-refractivity contribution in [2.75, 3.05) is 0 Å². The Kier molecular flexibility index (Phi) is 3.01. The van der Waals surface area contributed by atoms with Gasteiger partial charge in [-0.2, -0.15) is 5.10 Å². The van der Waals surface area contributed by atoms with Crippen LogP contribution in [0.5, 0.6) is 0 Å². The van der Waals surface area contributed by atoms with Gasteiger partial charge in [-0.1, -0.05) is 13.0 Å². The van der Waals surface area contributed by atoms with Gasteiger partial charge in [0.1, 0.15) is 5.52 Å². The second-order valence-corrected chi connectivity index (χ2v) is 5.54. The van der Waals surface area contributed by atoms with Crippen molar-refractivity contribution in [1.82, 2.24) is 19.3 Å². The number of H-pyrrole nitrogens is 1. The molecule has 2 aromatic heterocycles. The van der Waals surface area contributed by atoms with Crippen LogP contribution in [0.15, 0.2) is 18.2 Å². The van der Waals surface area contributed by atoms with E-state index in [0.29, 0.717) is 4.77 Å². The summed E-state index contributed by atoms with van der Waals surface area (Å²) in [5.74, 6) is 0. The van der Waals surface area contributed by atoms with Gasteiger partial charge in [-0.25, -0.2) is 4.68 Å². The zero-order chi connectivity index (χ0) is 14.4. The second-order valence-electron chi connectivity index (χ2n) is 5.16. The van der Waals surface area contributed by atoms with Gasteiger partial charge in [0.2, 0.25) is 0 Å². The van der Waals surface area contributed by atoms with E-state index in [2.05, 4.69) is 53.6 Å². The normalized spacial score (nSPS) is 11.4. The molecule has 0 aliphatic carbocycles. The Bertz CT molecular complexity index is 851. The molecule has 2 heterocycles. The lowest BCUT2D eigenvalue weighted by molar-refractivity contribution is 0.748. The Morgan fingerprint density at radius 3 is 2.65 bits per heavy atom. The Morgan fingerprint density at radius 1 is 1.25 bits per heavy atom. The van der Waals surface area contributed by atoms with Crippen molar-refractivity contribution in [1.29, 1.82) is 0 Å². The molecule has 0 aliphatic rings. The third-order valence-electron chi connectivity index (χ3n) is 3.82. The minimum absolute atomic E-state index is 0.714. The summed E-state index contributed by atoms with van der Waals surface area (Å²) in [6, 6.07) is 6.39. The fourth-order valence-corrected chi connectivity index (χ4v) is 2.86. The summed E-state index contributed by atoms with van der Waals surface area (Å²) in [4.78, 5) is 3.29. The largest absolute Gasteiger partial charge is 0.327 e. The number of aromatic amines is 1. The minimum Gasteiger partial charge on any atom is -0.327 e. The van der Waals surface area contributed by atoms with E-state index in [1.165, 1.54) is 11.1 Å². The van der Waals surface area contributed by atoms with E-state index in [4.69, 9.17) is 12.2 Å². The highest BCUT2D eigenvalue weighted by molar-refractivity contribution is 7.71. The molecule has 1 N–H and O–H groups in total. The first-order valence-electron chi connectivity index (χ1n) is 6.77. The molecule has 0 unspecified atom stereocenters. The summed E-state index contributed by atoms with van der Waals surface area (Å²) in [6.45, 7) is 6.34. The number of rotatable bonds is 2. The van der Waals surface area contributed by atoms with Crippen molar-refractivity contribution in [3.63, 3.8) is 0 Å². The molecular weight excluding hydrogens is 268 g/mol. The van der Waals surface area contributed by atoms with Gasteiger partial charge in [-0.05, 0) is 55.7 Å². The molecule has 104 valence electrons. The van der Waals surface area contributed by atoms with Gasteiger partial charge >= 0.3 is 0 Å². The third-order valence-corrected chi connectivity index (χ3v) is 4.10. The predicted molar refractivity (Wildman–Crippen MR) is 84.1 cm³/mol. The lowest BCUT2D eigenvalue weighted by atomic mass is 10.1. The number of aryl methyl sites for hydroxylation is 4. The molecule has 0 aliphatic heterocycles. The summed E-state index contributed by atoms with van der Waals surface area (Å²) >= 11 is 5.50. The van der Waals surface area contributed by atoms with Crippen molar-refractivity contribution in [3.8, 4) is 5.69 Å². The highest BCUT2D eigenvalue weighted by Crippen LogP contribution is 2.23. The van der Waals surface area contributed by atoms with Crippen molar-refractivity contribution >= 4 is 23.4 Å². The first-order valence-corrected chi connectivity index (χ1v) is 7.18. The first kappa shape index (κ1) is 13.1. The molecule has 0 radical (unpaired) electrons.